The molecule has 0 heterocycles. The Labute approximate surface area is 63.5 Å². The Morgan fingerprint density at radius 2 is 2.20 bits per heavy atom. The van der Waals surface area contributed by atoms with Gasteiger partial charge in [0.2, 0.25) is 0 Å². The van der Waals surface area contributed by atoms with Crippen molar-refractivity contribution in [1.29, 1.82) is 0 Å². The van der Waals surface area contributed by atoms with E-state index in [9.17, 15) is 0 Å². The molecule has 1 nitrogen and oxygen atoms in total. The van der Waals surface area contributed by atoms with E-state index in [0.717, 1.165) is 12.5 Å². The fourth-order valence-corrected chi connectivity index (χ4v) is 0.886. The van der Waals surface area contributed by atoms with Crippen molar-refractivity contribution in [3.8, 4) is 0 Å². The zero-order chi connectivity index (χ0) is 7.40. The minimum atomic E-state index is 1.01. The summed E-state index contributed by atoms with van der Waals surface area (Å²) in [6.45, 7) is 6.56. The van der Waals surface area contributed by atoms with Gasteiger partial charge in [0.15, 0.2) is 0 Å². The second-order valence-electron chi connectivity index (χ2n) is 3.38. The summed E-state index contributed by atoms with van der Waals surface area (Å²) in [6, 6.07) is 0. The van der Waals surface area contributed by atoms with Crippen molar-refractivity contribution in [2.45, 2.75) is 26.7 Å². The van der Waals surface area contributed by atoms with E-state index in [2.05, 4.69) is 25.2 Å². The van der Waals surface area contributed by atoms with Crippen LogP contribution in [0.5, 0.6) is 0 Å². The van der Waals surface area contributed by atoms with Gasteiger partial charge >= 0.3 is 0 Å². The van der Waals surface area contributed by atoms with E-state index in [1.54, 1.807) is 0 Å². The number of hydrogen-bond acceptors (Lipinski definition) is 1. The van der Waals surface area contributed by atoms with Crippen LogP contribution in [0.1, 0.15) is 26.7 Å². The zero-order valence-electron chi connectivity index (χ0n) is 6.98. The fraction of sp³-hybridized carbons (Fsp3) is 0.778. The largest absolute Gasteiger partial charge is 0.313 e. The minimum absolute atomic E-state index is 1.01. The Bertz CT molecular complexity index is 119. The van der Waals surface area contributed by atoms with Gasteiger partial charge in [-0.15, -0.1) is 0 Å². The Balaban J connectivity index is 1.89. The van der Waals surface area contributed by atoms with Crippen LogP contribution >= 0.6 is 0 Å². The monoisotopic (exact) mass is 139 g/mol. The zero-order valence-corrected chi connectivity index (χ0v) is 6.98. The van der Waals surface area contributed by atoms with E-state index in [0.29, 0.717) is 0 Å². The van der Waals surface area contributed by atoms with Crippen molar-refractivity contribution in [1.82, 2.24) is 5.32 Å². The fourth-order valence-electron chi connectivity index (χ4n) is 0.886. The molecule has 10 heavy (non-hydrogen) atoms. The maximum Gasteiger partial charge on any atom is 0.0137 e. The molecule has 1 heteroatoms. The lowest BCUT2D eigenvalue weighted by Crippen LogP contribution is -2.16. The maximum atomic E-state index is 3.40. The van der Waals surface area contributed by atoms with Crippen molar-refractivity contribution >= 4 is 0 Å². The highest BCUT2D eigenvalue weighted by atomic mass is 14.9. The van der Waals surface area contributed by atoms with Gasteiger partial charge in [-0.25, -0.2) is 0 Å². The molecule has 0 amide bonds. The van der Waals surface area contributed by atoms with E-state index in [-0.39, 0.29) is 0 Å². The van der Waals surface area contributed by atoms with Crippen LogP contribution in [-0.4, -0.2) is 13.1 Å². The first-order chi connectivity index (χ1) is 4.79. The van der Waals surface area contributed by atoms with Crippen LogP contribution < -0.4 is 5.32 Å². The van der Waals surface area contributed by atoms with Crippen LogP contribution in [0.15, 0.2) is 11.6 Å². The first-order valence-corrected chi connectivity index (χ1v) is 4.13. The van der Waals surface area contributed by atoms with Gasteiger partial charge in [-0.3, -0.25) is 0 Å². The predicted molar refractivity (Wildman–Crippen MR) is 45.0 cm³/mol. The van der Waals surface area contributed by atoms with E-state index in [1.807, 2.05) is 0 Å². The molecule has 0 atom stereocenters. The summed E-state index contributed by atoms with van der Waals surface area (Å²) < 4.78 is 0. The van der Waals surface area contributed by atoms with Gasteiger partial charge in [-0.2, -0.15) is 0 Å². The highest BCUT2D eigenvalue weighted by Crippen LogP contribution is 2.27. The average molecular weight is 139 g/mol. The second kappa shape index (κ2) is 3.77. The van der Waals surface area contributed by atoms with Crippen LogP contribution in [0.25, 0.3) is 0 Å². The molecular weight excluding hydrogens is 122 g/mol. The van der Waals surface area contributed by atoms with Crippen molar-refractivity contribution in [2.75, 3.05) is 13.1 Å². The lowest BCUT2D eigenvalue weighted by molar-refractivity contribution is 0.681. The molecule has 0 saturated heterocycles. The molecule has 1 fully saturated rings. The van der Waals surface area contributed by atoms with Crippen LogP contribution in [0.2, 0.25) is 0 Å². The van der Waals surface area contributed by atoms with Crippen LogP contribution in [0.3, 0.4) is 0 Å². The normalized spacial score (nSPS) is 17.0. The summed E-state index contributed by atoms with van der Waals surface area (Å²) in [5, 5.41) is 3.40. The molecule has 58 valence electrons. The molecule has 1 saturated carbocycles. The quantitative estimate of drug-likeness (QED) is 0.463. The molecular formula is C9H17N. The van der Waals surface area contributed by atoms with Crippen LogP contribution in [0.4, 0.5) is 0 Å². The van der Waals surface area contributed by atoms with E-state index in [1.165, 1.54) is 25.0 Å². The van der Waals surface area contributed by atoms with Crippen molar-refractivity contribution < 1.29 is 0 Å². The number of rotatable bonds is 4. The van der Waals surface area contributed by atoms with Crippen LogP contribution in [0, 0.1) is 5.92 Å². The summed E-state index contributed by atoms with van der Waals surface area (Å²) in [7, 11) is 0. The highest BCUT2D eigenvalue weighted by molar-refractivity contribution is 4.94. The standard InChI is InChI=1S/C9H17N/c1-8(2)5-6-10-7-9-3-4-9/h5,9-10H,3-4,6-7H2,1-2H3. The molecule has 1 aliphatic carbocycles. The van der Waals surface area contributed by atoms with Gasteiger partial charge in [-0.1, -0.05) is 11.6 Å². The lowest BCUT2D eigenvalue weighted by Gasteiger charge is -1.97. The molecule has 1 aliphatic rings. The summed E-state index contributed by atoms with van der Waals surface area (Å²) in [5.41, 5.74) is 1.41. The molecule has 0 aromatic carbocycles. The summed E-state index contributed by atoms with van der Waals surface area (Å²) >= 11 is 0. The topological polar surface area (TPSA) is 12.0 Å². The van der Waals surface area contributed by atoms with Crippen molar-refractivity contribution in [3.63, 3.8) is 0 Å². The molecule has 0 aromatic heterocycles. The third-order valence-electron chi connectivity index (χ3n) is 1.78. The molecule has 0 unspecified atom stereocenters. The number of nitrogens with one attached hydrogen (secondary N) is 1. The van der Waals surface area contributed by atoms with E-state index >= 15 is 0 Å². The molecule has 0 radical (unpaired) electrons. The Kier molecular flexibility index (Phi) is 2.94. The second-order valence-corrected chi connectivity index (χ2v) is 3.38. The predicted octanol–water partition coefficient (Wildman–Crippen LogP) is 1.95. The van der Waals surface area contributed by atoms with Gasteiger partial charge in [0.1, 0.15) is 0 Å². The van der Waals surface area contributed by atoms with Gasteiger partial charge in [0.05, 0.1) is 0 Å². The van der Waals surface area contributed by atoms with Crippen molar-refractivity contribution in [3.05, 3.63) is 11.6 Å². The summed E-state index contributed by atoms with van der Waals surface area (Å²) in [5.74, 6) is 1.01. The third-order valence-corrected chi connectivity index (χ3v) is 1.78. The number of allylic oxidation sites excluding steroid dienone is 1. The molecule has 1 rings (SSSR count). The molecule has 0 spiro atoms. The van der Waals surface area contributed by atoms with E-state index < -0.39 is 0 Å². The Morgan fingerprint density at radius 1 is 1.50 bits per heavy atom. The minimum Gasteiger partial charge on any atom is -0.313 e. The molecule has 0 aliphatic heterocycles. The molecule has 0 bridgehead atoms. The van der Waals surface area contributed by atoms with Gasteiger partial charge in [0.25, 0.3) is 0 Å². The van der Waals surface area contributed by atoms with Crippen LogP contribution in [-0.2, 0) is 0 Å². The average Bonchev–Trinajstić information content (AvgIpc) is 2.62. The Morgan fingerprint density at radius 3 is 2.70 bits per heavy atom. The Hall–Kier alpha value is -0.300. The lowest BCUT2D eigenvalue weighted by atomic mass is 10.3. The SMILES string of the molecule is CC(C)=CCNCC1CC1. The van der Waals surface area contributed by atoms with E-state index in [4.69, 9.17) is 0 Å². The molecule has 0 aromatic rings. The smallest absolute Gasteiger partial charge is 0.0137 e. The maximum absolute atomic E-state index is 3.40. The van der Waals surface area contributed by atoms with Gasteiger partial charge in [0, 0.05) is 6.54 Å². The molecule has 1 N–H and O–H groups in total. The first-order valence-electron chi connectivity index (χ1n) is 4.13. The summed E-state index contributed by atoms with van der Waals surface area (Å²) in [6.07, 6.45) is 5.13. The first kappa shape index (κ1) is 7.80. The highest BCUT2D eigenvalue weighted by Gasteiger charge is 2.19. The third kappa shape index (κ3) is 3.67. The van der Waals surface area contributed by atoms with Crippen molar-refractivity contribution in [2.24, 2.45) is 5.92 Å². The number of hydrogen-bond donors (Lipinski definition) is 1. The summed E-state index contributed by atoms with van der Waals surface area (Å²) in [4.78, 5) is 0. The van der Waals surface area contributed by atoms with Gasteiger partial charge in [-0.05, 0) is 39.2 Å². The van der Waals surface area contributed by atoms with Gasteiger partial charge < -0.3 is 5.32 Å².